The third kappa shape index (κ3) is 7.12. The summed E-state index contributed by atoms with van der Waals surface area (Å²) in [5.74, 6) is 1.18. The molecule has 0 saturated heterocycles. The molecule has 0 unspecified atom stereocenters. The second-order valence-corrected chi connectivity index (χ2v) is 6.56. The van der Waals surface area contributed by atoms with Crippen molar-refractivity contribution in [2.24, 2.45) is 5.10 Å². The van der Waals surface area contributed by atoms with Gasteiger partial charge in [0.25, 0.3) is 0 Å². The minimum atomic E-state index is -0.175. The molecule has 0 saturated carbocycles. The molecule has 27 heavy (non-hydrogen) atoms. The predicted molar refractivity (Wildman–Crippen MR) is 109 cm³/mol. The first-order chi connectivity index (χ1) is 13.0. The minimum Gasteiger partial charge on any atom is -0.494 e. The Balaban J connectivity index is 1.73. The first-order valence-corrected chi connectivity index (χ1v) is 9.39. The van der Waals surface area contributed by atoms with E-state index in [2.05, 4.69) is 10.5 Å². The monoisotopic (exact) mass is 408 g/mol. The van der Waals surface area contributed by atoms with Crippen molar-refractivity contribution in [3.05, 3.63) is 58.1 Å². The van der Waals surface area contributed by atoms with Crippen LogP contribution in [0.25, 0.3) is 0 Å². The number of hydrogen-bond donors (Lipinski definition) is 1. The molecule has 1 N–H and O–H groups in total. The SMILES string of the molecule is CCOc1ccc(/C(C)=N/NC(=O)CCCOc2ccc(Cl)cc2Cl)cc1. The molecule has 0 aliphatic carbocycles. The number of nitrogens with one attached hydrogen (secondary N) is 1. The van der Waals surface area contributed by atoms with E-state index in [0.717, 1.165) is 17.0 Å². The highest BCUT2D eigenvalue weighted by Gasteiger charge is 2.05. The van der Waals surface area contributed by atoms with Crippen LogP contribution in [0, 0.1) is 0 Å². The molecule has 1 amide bonds. The lowest BCUT2D eigenvalue weighted by Gasteiger charge is -2.08. The van der Waals surface area contributed by atoms with Crippen LogP contribution in [0.1, 0.15) is 32.3 Å². The molecular formula is C20H22Cl2N2O3. The molecule has 0 radical (unpaired) electrons. The van der Waals surface area contributed by atoms with Crippen LogP contribution in [0.4, 0.5) is 0 Å². The van der Waals surface area contributed by atoms with Gasteiger partial charge in [-0.2, -0.15) is 5.10 Å². The first kappa shape index (κ1) is 21.1. The largest absolute Gasteiger partial charge is 0.494 e. The number of ether oxygens (including phenoxy) is 2. The molecule has 0 atom stereocenters. The zero-order chi connectivity index (χ0) is 19.6. The molecule has 5 nitrogen and oxygen atoms in total. The van der Waals surface area contributed by atoms with Crippen LogP contribution >= 0.6 is 23.2 Å². The molecule has 0 fully saturated rings. The van der Waals surface area contributed by atoms with Gasteiger partial charge in [-0.05, 0) is 68.3 Å². The maximum Gasteiger partial charge on any atom is 0.240 e. The van der Waals surface area contributed by atoms with Gasteiger partial charge in [-0.1, -0.05) is 23.2 Å². The van der Waals surface area contributed by atoms with E-state index in [9.17, 15) is 4.79 Å². The van der Waals surface area contributed by atoms with Gasteiger partial charge in [0.15, 0.2) is 0 Å². The van der Waals surface area contributed by atoms with Crippen molar-refractivity contribution in [2.75, 3.05) is 13.2 Å². The molecule has 0 heterocycles. The summed E-state index contributed by atoms with van der Waals surface area (Å²) >= 11 is 11.9. The third-order valence-corrected chi connectivity index (χ3v) is 4.16. The Kier molecular flexibility index (Phi) is 8.43. The Hall–Kier alpha value is -2.24. The van der Waals surface area contributed by atoms with Gasteiger partial charge in [0.1, 0.15) is 11.5 Å². The Morgan fingerprint density at radius 1 is 1.11 bits per heavy atom. The summed E-state index contributed by atoms with van der Waals surface area (Å²) in [5, 5.41) is 5.13. The highest BCUT2D eigenvalue weighted by molar-refractivity contribution is 6.35. The summed E-state index contributed by atoms with van der Waals surface area (Å²) in [5.41, 5.74) is 4.19. The number of benzene rings is 2. The molecular weight excluding hydrogens is 387 g/mol. The summed E-state index contributed by atoms with van der Waals surface area (Å²) in [6, 6.07) is 12.6. The second kappa shape index (κ2) is 10.8. The van der Waals surface area contributed by atoms with E-state index >= 15 is 0 Å². The Morgan fingerprint density at radius 3 is 2.52 bits per heavy atom. The summed E-state index contributed by atoms with van der Waals surface area (Å²) in [6.45, 7) is 4.76. The third-order valence-electron chi connectivity index (χ3n) is 3.63. The van der Waals surface area contributed by atoms with E-state index in [0.29, 0.717) is 41.9 Å². The van der Waals surface area contributed by atoms with Crippen LogP contribution in [0.5, 0.6) is 11.5 Å². The Labute approximate surface area is 169 Å². The van der Waals surface area contributed by atoms with Crippen LogP contribution in [-0.2, 0) is 4.79 Å². The number of hydrogen-bond acceptors (Lipinski definition) is 4. The zero-order valence-corrected chi connectivity index (χ0v) is 16.8. The van der Waals surface area contributed by atoms with E-state index in [-0.39, 0.29) is 5.91 Å². The van der Waals surface area contributed by atoms with Crippen molar-refractivity contribution >= 4 is 34.8 Å². The van der Waals surface area contributed by atoms with E-state index in [1.54, 1.807) is 18.2 Å². The van der Waals surface area contributed by atoms with E-state index in [1.165, 1.54) is 0 Å². The quantitative estimate of drug-likeness (QED) is 0.357. The van der Waals surface area contributed by atoms with Crippen LogP contribution in [0.15, 0.2) is 47.6 Å². The lowest BCUT2D eigenvalue weighted by molar-refractivity contribution is -0.121. The maximum absolute atomic E-state index is 11.9. The van der Waals surface area contributed by atoms with Crippen molar-refractivity contribution in [2.45, 2.75) is 26.7 Å². The highest BCUT2D eigenvalue weighted by atomic mass is 35.5. The van der Waals surface area contributed by atoms with Crippen molar-refractivity contribution < 1.29 is 14.3 Å². The fourth-order valence-electron chi connectivity index (χ4n) is 2.23. The van der Waals surface area contributed by atoms with Crippen molar-refractivity contribution in [3.8, 4) is 11.5 Å². The Morgan fingerprint density at radius 2 is 1.85 bits per heavy atom. The van der Waals surface area contributed by atoms with Gasteiger partial charge in [-0.3, -0.25) is 4.79 Å². The van der Waals surface area contributed by atoms with Crippen molar-refractivity contribution in [1.82, 2.24) is 5.43 Å². The average Bonchev–Trinajstić information content (AvgIpc) is 2.65. The zero-order valence-electron chi connectivity index (χ0n) is 15.3. The summed E-state index contributed by atoms with van der Waals surface area (Å²) in [7, 11) is 0. The first-order valence-electron chi connectivity index (χ1n) is 8.63. The highest BCUT2D eigenvalue weighted by Crippen LogP contribution is 2.27. The molecule has 7 heteroatoms. The maximum atomic E-state index is 11.9. The van der Waals surface area contributed by atoms with Gasteiger partial charge < -0.3 is 9.47 Å². The molecule has 0 spiro atoms. The molecule has 0 aliphatic heterocycles. The molecule has 2 aromatic rings. The number of rotatable bonds is 9. The second-order valence-electron chi connectivity index (χ2n) is 5.72. The summed E-state index contributed by atoms with van der Waals surface area (Å²) in [6.07, 6.45) is 0.841. The number of carbonyl (C=O) groups is 1. The smallest absolute Gasteiger partial charge is 0.240 e. The standard InChI is InChI=1S/C20H22Cl2N2O3/c1-3-26-17-9-6-15(7-10-17)14(2)23-24-20(25)5-4-12-27-19-11-8-16(21)13-18(19)22/h6-11,13H,3-5,12H2,1-2H3,(H,24,25)/b23-14+. The van der Waals surface area contributed by atoms with Crippen LogP contribution in [-0.4, -0.2) is 24.8 Å². The molecule has 0 aliphatic rings. The van der Waals surface area contributed by atoms with Gasteiger partial charge in [0.2, 0.25) is 5.91 Å². The van der Waals surface area contributed by atoms with Crippen molar-refractivity contribution in [1.29, 1.82) is 0 Å². The minimum absolute atomic E-state index is 0.175. The molecule has 0 aromatic heterocycles. The number of hydrazone groups is 1. The molecule has 2 rings (SSSR count). The number of amides is 1. The van der Waals surface area contributed by atoms with Crippen LogP contribution < -0.4 is 14.9 Å². The van der Waals surface area contributed by atoms with Gasteiger partial charge >= 0.3 is 0 Å². The average molecular weight is 409 g/mol. The van der Waals surface area contributed by atoms with Gasteiger partial charge in [0.05, 0.1) is 23.9 Å². The van der Waals surface area contributed by atoms with E-state index < -0.39 is 0 Å². The lowest BCUT2D eigenvalue weighted by Crippen LogP contribution is -2.19. The predicted octanol–water partition coefficient (Wildman–Crippen LogP) is 5.09. The fraction of sp³-hybridized carbons (Fsp3) is 0.300. The fourth-order valence-corrected chi connectivity index (χ4v) is 2.70. The normalized spacial score (nSPS) is 11.2. The number of halogens is 2. The van der Waals surface area contributed by atoms with E-state index in [1.807, 2.05) is 38.1 Å². The van der Waals surface area contributed by atoms with Gasteiger partial charge in [-0.25, -0.2) is 5.43 Å². The summed E-state index contributed by atoms with van der Waals surface area (Å²) < 4.78 is 11.0. The summed E-state index contributed by atoms with van der Waals surface area (Å²) in [4.78, 5) is 11.9. The molecule has 2 aromatic carbocycles. The molecule has 0 bridgehead atoms. The Bertz CT molecular complexity index is 792. The number of nitrogens with zero attached hydrogens (tertiary/aromatic N) is 1. The van der Waals surface area contributed by atoms with Gasteiger partial charge in [0, 0.05) is 11.4 Å². The molecule has 144 valence electrons. The topological polar surface area (TPSA) is 59.9 Å². The van der Waals surface area contributed by atoms with E-state index in [4.69, 9.17) is 32.7 Å². The van der Waals surface area contributed by atoms with Gasteiger partial charge in [-0.15, -0.1) is 0 Å². The lowest BCUT2D eigenvalue weighted by atomic mass is 10.1. The van der Waals surface area contributed by atoms with Crippen LogP contribution in [0.3, 0.4) is 0 Å². The van der Waals surface area contributed by atoms with Crippen molar-refractivity contribution in [3.63, 3.8) is 0 Å². The number of carbonyl (C=O) groups excluding carboxylic acids is 1. The van der Waals surface area contributed by atoms with Crippen LogP contribution in [0.2, 0.25) is 10.0 Å².